The molecule has 0 spiro atoms. The van der Waals surface area contributed by atoms with Crippen molar-refractivity contribution in [3.63, 3.8) is 0 Å². The van der Waals surface area contributed by atoms with Crippen LogP contribution in [0.4, 0.5) is 0 Å². The number of fused-ring (bicyclic) bond motifs is 1. The Kier molecular flexibility index (Phi) is 7.23. The van der Waals surface area contributed by atoms with E-state index in [0.29, 0.717) is 19.4 Å². The minimum absolute atomic E-state index is 0.102. The van der Waals surface area contributed by atoms with E-state index in [1.807, 2.05) is 71.6 Å². The molecule has 178 valence electrons. The third kappa shape index (κ3) is 5.99. The lowest BCUT2D eigenvalue weighted by molar-refractivity contribution is -0.132. The molecule has 0 N–H and O–H groups in total. The first-order valence-electron chi connectivity index (χ1n) is 12.3. The van der Waals surface area contributed by atoms with Gasteiger partial charge >= 0.3 is 0 Å². The van der Waals surface area contributed by atoms with E-state index in [1.165, 1.54) is 0 Å². The number of benzene rings is 3. The van der Waals surface area contributed by atoms with Crippen molar-refractivity contribution < 1.29 is 14.3 Å². The van der Waals surface area contributed by atoms with Crippen molar-refractivity contribution in [3.05, 3.63) is 102 Å². The summed E-state index contributed by atoms with van der Waals surface area (Å²) < 4.78 is 12.2. The van der Waals surface area contributed by atoms with Crippen LogP contribution in [0.15, 0.2) is 91.1 Å². The molecule has 0 radical (unpaired) electrons. The van der Waals surface area contributed by atoms with Gasteiger partial charge in [-0.25, -0.2) is 0 Å². The molecule has 1 aliphatic rings. The molecule has 5 rings (SSSR count). The predicted molar refractivity (Wildman–Crippen MR) is 138 cm³/mol. The molecular weight excluding hydrogens is 436 g/mol. The highest BCUT2D eigenvalue weighted by atomic mass is 16.5. The molecule has 2 heterocycles. The van der Waals surface area contributed by atoms with Gasteiger partial charge in [-0.2, -0.15) is 0 Å². The Morgan fingerprint density at radius 2 is 1.66 bits per heavy atom. The number of para-hydroxylation sites is 1. The lowest BCUT2D eigenvalue weighted by atomic mass is 10.1. The van der Waals surface area contributed by atoms with Crippen molar-refractivity contribution in [2.24, 2.45) is 0 Å². The highest BCUT2D eigenvalue weighted by Crippen LogP contribution is 2.26. The van der Waals surface area contributed by atoms with Crippen molar-refractivity contribution in [1.82, 2.24) is 9.88 Å². The zero-order valence-electron chi connectivity index (χ0n) is 19.8. The van der Waals surface area contributed by atoms with E-state index < -0.39 is 0 Å². The van der Waals surface area contributed by atoms with E-state index in [9.17, 15) is 4.79 Å². The highest BCUT2D eigenvalue weighted by molar-refractivity contribution is 5.84. The van der Waals surface area contributed by atoms with Gasteiger partial charge in [0.1, 0.15) is 29.7 Å². The quantitative estimate of drug-likeness (QED) is 0.329. The Hall–Kier alpha value is -3.86. The highest BCUT2D eigenvalue weighted by Gasteiger charge is 2.24. The van der Waals surface area contributed by atoms with E-state index >= 15 is 0 Å². The lowest BCUT2D eigenvalue weighted by Crippen LogP contribution is -2.41. The third-order valence-electron chi connectivity index (χ3n) is 6.46. The number of hydrogen-bond donors (Lipinski definition) is 0. The second-order valence-electron chi connectivity index (χ2n) is 8.95. The number of aryl methyl sites for hydroxylation is 1. The van der Waals surface area contributed by atoms with Gasteiger partial charge in [0, 0.05) is 43.9 Å². The van der Waals surface area contributed by atoms with Crippen molar-refractivity contribution >= 4 is 16.8 Å². The average Bonchev–Trinajstić information content (AvgIpc) is 2.92. The van der Waals surface area contributed by atoms with Gasteiger partial charge in [0.05, 0.1) is 0 Å². The van der Waals surface area contributed by atoms with Gasteiger partial charge in [-0.3, -0.25) is 9.78 Å². The molecule has 35 heavy (non-hydrogen) atoms. The van der Waals surface area contributed by atoms with E-state index in [2.05, 4.69) is 23.2 Å². The standard InChI is InChI=1S/C30H30N2O3/c33-29(15-14-23-9-4-12-27(21-23)34-22-24-7-2-1-3-8-24)32-19-16-26(17-20-32)35-28-13-5-10-25-11-6-18-31-30(25)28/h1-13,18,21,26H,14-17,19-20,22H2. The van der Waals surface area contributed by atoms with Gasteiger partial charge in [0.15, 0.2) is 0 Å². The normalized spacial score (nSPS) is 14.1. The van der Waals surface area contributed by atoms with Gasteiger partial charge < -0.3 is 14.4 Å². The SMILES string of the molecule is O=C(CCc1cccc(OCc2ccccc2)c1)N1CCC(Oc2cccc3cccnc23)CC1. The summed E-state index contributed by atoms with van der Waals surface area (Å²) >= 11 is 0. The molecule has 4 aromatic rings. The third-order valence-corrected chi connectivity index (χ3v) is 6.46. The molecule has 1 amide bonds. The monoisotopic (exact) mass is 466 g/mol. The molecule has 1 saturated heterocycles. The van der Waals surface area contributed by atoms with E-state index in [1.54, 1.807) is 6.20 Å². The van der Waals surface area contributed by atoms with Crippen LogP contribution in [0.5, 0.6) is 11.5 Å². The smallest absolute Gasteiger partial charge is 0.222 e. The topological polar surface area (TPSA) is 51.7 Å². The van der Waals surface area contributed by atoms with Crippen LogP contribution in [-0.4, -0.2) is 35.0 Å². The summed E-state index contributed by atoms with van der Waals surface area (Å²) in [7, 11) is 0. The Morgan fingerprint density at radius 1 is 0.886 bits per heavy atom. The first kappa shape index (κ1) is 22.9. The molecule has 0 saturated carbocycles. The minimum Gasteiger partial charge on any atom is -0.489 e. The number of aromatic nitrogens is 1. The summed E-state index contributed by atoms with van der Waals surface area (Å²) in [5.74, 6) is 1.85. The van der Waals surface area contributed by atoms with Gasteiger partial charge in [0.2, 0.25) is 5.91 Å². The molecule has 1 aromatic heterocycles. The van der Waals surface area contributed by atoms with E-state index in [-0.39, 0.29) is 12.0 Å². The lowest BCUT2D eigenvalue weighted by Gasteiger charge is -2.32. The molecule has 5 nitrogen and oxygen atoms in total. The summed E-state index contributed by atoms with van der Waals surface area (Å²) in [5.41, 5.74) is 3.14. The molecular formula is C30H30N2O3. The van der Waals surface area contributed by atoms with Crippen molar-refractivity contribution in [3.8, 4) is 11.5 Å². The number of pyridine rings is 1. The number of carbonyl (C=O) groups excluding carboxylic acids is 1. The fourth-order valence-corrected chi connectivity index (χ4v) is 4.51. The summed E-state index contributed by atoms with van der Waals surface area (Å²) in [6.07, 6.45) is 4.77. The number of nitrogens with zero attached hydrogens (tertiary/aromatic N) is 2. The van der Waals surface area contributed by atoms with Crippen LogP contribution < -0.4 is 9.47 Å². The second-order valence-corrected chi connectivity index (χ2v) is 8.95. The minimum atomic E-state index is 0.102. The molecule has 0 bridgehead atoms. The Bertz CT molecular complexity index is 1260. The van der Waals surface area contributed by atoms with Gasteiger partial charge in [-0.05, 0) is 41.8 Å². The van der Waals surface area contributed by atoms with Crippen LogP contribution in [0, 0.1) is 0 Å². The number of rotatable bonds is 8. The van der Waals surface area contributed by atoms with Gasteiger partial charge in [-0.15, -0.1) is 0 Å². The first-order valence-corrected chi connectivity index (χ1v) is 12.3. The Balaban J connectivity index is 1.09. The van der Waals surface area contributed by atoms with Gasteiger partial charge in [-0.1, -0.05) is 60.7 Å². The first-order chi connectivity index (χ1) is 17.2. The Morgan fingerprint density at radius 3 is 2.51 bits per heavy atom. The zero-order chi connectivity index (χ0) is 23.9. The van der Waals surface area contributed by atoms with Crippen LogP contribution in [-0.2, 0) is 17.8 Å². The fourth-order valence-electron chi connectivity index (χ4n) is 4.51. The number of piperidine rings is 1. The molecule has 0 unspecified atom stereocenters. The maximum absolute atomic E-state index is 12.9. The summed E-state index contributed by atoms with van der Waals surface area (Å²) in [5, 5.41) is 1.08. The molecule has 1 fully saturated rings. The molecule has 5 heteroatoms. The number of carbonyl (C=O) groups is 1. The number of amides is 1. The maximum Gasteiger partial charge on any atom is 0.222 e. The number of ether oxygens (including phenoxy) is 2. The second kappa shape index (κ2) is 11.0. The summed E-state index contributed by atoms with van der Waals surface area (Å²) in [6.45, 7) is 1.99. The van der Waals surface area contributed by atoms with Crippen LogP contribution in [0.3, 0.4) is 0 Å². The molecule has 0 aliphatic carbocycles. The van der Waals surface area contributed by atoms with Crippen molar-refractivity contribution in [1.29, 1.82) is 0 Å². The van der Waals surface area contributed by atoms with Crippen LogP contribution >= 0.6 is 0 Å². The Labute approximate surface area is 206 Å². The predicted octanol–water partition coefficient (Wildman–Crippen LogP) is 5.82. The van der Waals surface area contributed by atoms with Crippen LogP contribution in [0.25, 0.3) is 10.9 Å². The van der Waals surface area contributed by atoms with E-state index in [4.69, 9.17) is 9.47 Å². The number of hydrogen-bond acceptors (Lipinski definition) is 4. The maximum atomic E-state index is 12.9. The molecule has 1 aliphatic heterocycles. The largest absolute Gasteiger partial charge is 0.489 e. The number of likely N-dealkylation sites (tertiary alicyclic amines) is 1. The average molecular weight is 467 g/mol. The van der Waals surface area contributed by atoms with Crippen molar-refractivity contribution in [2.45, 2.75) is 38.4 Å². The summed E-state index contributed by atoms with van der Waals surface area (Å²) in [4.78, 5) is 19.3. The molecule has 3 aromatic carbocycles. The summed E-state index contributed by atoms with van der Waals surface area (Å²) in [6, 6.07) is 28.2. The van der Waals surface area contributed by atoms with E-state index in [0.717, 1.165) is 59.5 Å². The van der Waals surface area contributed by atoms with Crippen molar-refractivity contribution in [2.75, 3.05) is 13.1 Å². The van der Waals surface area contributed by atoms with Crippen LogP contribution in [0.2, 0.25) is 0 Å². The zero-order valence-corrected chi connectivity index (χ0v) is 19.8. The van der Waals surface area contributed by atoms with Gasteiger partial charge in [0.25, 0.3) is 0 Å². The fraction of sp³-hybridized carbons (Fsp3) is 0.267. The molecule has 0 atom stereocenters. The van der Waals surface area contributed by atoms with Crippen LogP contribution in [0.1, 0.15) is 30.4 Å².